The Bertz CT molecular complexity index is 459. The lowest BCUT2D eigenvalue weighted by molar-refractivity contribution is 0.0453. The third-order valence-corrected chi connectivity index (χ3v) is 3.29. The highest BCUT2D eigenvalue weighted by atomic mass is 16.4. The molecule has 2 rings (SSSR count). The maximum atomic E-state index is 12.3. The molecule has 0 aromatic carbocycles. The van der Waals surface area contributed by atoms with Gasteiger partial charge >= 0.3 is 5.97 Å². The standard InChI is InChI=1S/C13H17NO4/c1-8(2)14(9-4-3-5-9)12(15)10-6-7-11(18-10)13(16)17/h6-9H,3-5H2,1-2H3,(H,16,17). The minimum absolute atomic E-state index is 0.0844. The lowest BCUT2D eigenvalue weighted by Crippen LogP contribution is -2.48. The molecule has 98 valence electrons. The van der Waals surface area contributed by atoms with Gasteiger partial charge in [-0.05, 0) is 45.2 Å². The van der Waals surface area contributed by atoms with E-state index in [0.29, 0.717) is 0 Å². The number of carboxylic acids is 1. The normalized spacial score (nSPS) is 15.5. The summed E-state index contributed by atoms with van der Waals surface area (Å²) in [6.07, 6.45) is 3.16. The average molecular weight is 251 g/mol. The number of carbonyl (C=O) groups excluding carboxylic acids is 1. The number of carboxylic acid groups (broad SMARTS) is 1. The van der Waals surface area contributed by atoms with Crippen LogP contribution in [0.3, 0.4) is 0 Å². The van der Waals surface area contributed by atoms with Gasteiger partial charge in [0.05, 0.1) is 0 Å². The molecule has 0 unspecified atom stereocenters. The zero-order valence-electron chi connectivity index (χ0n) is 10.5. The van der Waals surface area contributed by atoms with Gasteiger partial charge in [-0.1, -0.05) is 0 Å². The van der Waals surface area contributed by atoms with E-state index in [2.05, 4.69) is 0 Å². The minimum Gasteiger partial charge on any atom is -0.475 e. The van der Waals surface area contributed by atoms with Crippen LogP contribution in [0.5, 0.6) is 0 Å². The molecule has 5 nitrogen and oxygen atoms in total. The number of aromatic carboxylic acids is 1. The Morgan fingerprint density at radius 2 is 1.94 bits per heavy atom. The monoisotopic (exact) mass is 251 g/mol. The first kappa shape index (κ1) is 12.7. The van der Waals surface area contributed by atoms with Gasteiger partial charge in [-0.2, -0.15) is 0 Å². The second-order valence-corrected chi connectivity index (χ2v) is 4.86. The van der Waals surface area contributed by atoms with Crippen molar-refractivity contribution >= 4 is 11.9 Å². The van der Waals surface area contributed by atoms with Crippen molar-refractivity contribution in [1.29, 1.82) is 0 Å². The van der Waals surface area contributed by atoms with E-state index in [0.717, 1.165) is 19.3 Å². The fourth-order valence-corrected chi connectivity index (χ4v) is 2.18. The van der Waals surface area contributed by atoms with Gasteiger partial charge in [0.2, 0.25) is 5.76 Å². The molecule has 0 aliphatic heterocycles. The van der Waals surface area contributed by atoms with E-state index in [1.165, 1.54) is 12.1 Å². The SMILES string of the molecule is CC(C)N(C(=O)c1ccc(C(=O)O)o1)C1CCC1. The molecule has 5 heteroatoms. The third kappa shape index (κ3) is 2.25. The molecule has 18 heavy (non-hydrogen) atoms. The summed E-state index contributed by atoms with van der Waals surface area (Å²) in [7, 11) is 0. The van der Waals surface area contributed by atoms with Gasteiger partial charge in [-0.3, -0.25) is 4.79 Å². The summed E-state index contributed by atoms with van der Waals surface area (Å²) in [6.45, 7) is 3.91. The quantitative estimate of drug-likeness (QED) is 0.891. The van der Waals surface area contributed by atoms with Crippen molar-refractivity contribution < 1.29 is 19.1 Å². The molecule has 1 aromatic heterocycles. The summed E-state index contributed by atoms with van der Waals surface area (Å²) < 4.78 is 5.07. The van der Waals surface area contributed by atoms with Crippen molar-refractivity contribution in [2.75, 3.05) is 0 Å². The molecule has 1 N–H and O–H groups in total. The molecule has 1 saturated carbocycles. The molecule has 1 aliphatic carbocycles. The van der Waals surface area contributed by atoms with Gasteiger partial charge in [-0.25, -0.2) is 4.79 Å². The molecular formula is C13H17NO4. The molecule has 1 aromatic rings. The Morgan fingerprint density at radius 3 is 2.33 bits per heavy atom. The Labute approximate surface area is 105 Å². The Kier molecular flexibility index (Phi) is 3.41. The smallest absolute Gasteiger partial charge is 0.371 e. The topological polar surface area (TPSA) is 70.8 Å². The average Bonchev–Trinajstić information content (AvgIpc) is 2.70. The van der Waals surface area contributed by atoms with Gasteiger partial charge in [0.15, 0.2) is 5.76 Å². The van der Waals surface area contributed by atoms with Crippen LogP contribution in [0.4, 0.5) is 0 Å². The highest BCUT2D eigenvalue weighted by Gasteiger charge is 2.32. The maximum absolute atomic E-state index is 12.3. The second-order valence-electron chi connectivity index (χ2n) is 4.86. The molecule has 0 atom stereocenters. The van der Waals surface area contributed by atoms with Crippen LogP contribution in [0.2, 0.25) is 0 Å². The van der Waals surface area contributed by atoms with E-state index in [1.807, 2.05) is 13.8 Å². The summed E-state index contributed by atoms with van der Waals surface area (Å²) in [4.78, 5) is 24.8. The van der Waals surface area contributed by atoms with Crippen molar-refractivity contribution in [2.45, 2.75) is 45.2 Å². The van der Waals surface area contributed by atoms with Crippen LogP contribution in [0.1, 0.15) is 54.2 Å². The van der Waals surface area contributed by atoms with Gasteiger partial charge < -0.3 is 14.4 Å². The number of furan rings is 1. The van der Waals surface area contributed by atoms with Crippen LogP contribution in [0.25, 0.3) is 0 Å². The van der Waals surface area contributed by atoms with Crippen molar-refractivity contribution in [1.82, 2.24) is 4.90 Å². The number of carbonyl (C=O) groups is 2. The highest BCUT2D eigenvalue weighted by molar-refractivity contribution is 5.94. The molecule has 0 saturated heterocycles. The number of rotatable bonds is 4. The second kappa shape index (κ2) is 4.84. The summed E-state index contributed by atoms with van der Waals surface area (Å²) in [6, 6.07) is 3.09. The third-order valence-electron chi connectivity index (χ3n) is 3.29. The predicted molar refractivity (Wildman–Crippen MR) is 64.6 cm³/mol. The fourth-order valence-electron chi connectivity index (χ4n) is 2.18. The van der Waals surface area contributed by atoms with Gasteiger partial charge in [0, 0.05) is 12.1 Å². The van der Waals surface area contributed by atoms with Crippen LogP contribution in [-0.4, -0.2) is 34.0 Å². The van der Waals surface area contributed by atoms with E-state index in [9.17, 15) is 9.59 Å². The number of hydrogen-bond acceptors (Lipinski definition) is 3. The van der Waals surface area contributed by atoms with E-state index in [1.54, 1.807) is 4.90 Å². The molecule has 0 radical (unpaired) electrons. The first-order chi connectivity index (χ1) is 8.50. The Balaban J connectivity index is 2.19. The summed E-state index contributed by atoms with van der Waals surface area (Å²) in [5.74, 6) is -1.47. The van der Waals surface area contributed by atoms with Crippen LogP contribution < -0.4 is 0 Å². The first-order valence-electron chi connectivity index (χ1n) is 6.16. The number of nitrogens with zero attached hydrogens (tertiary/aromatic N) is 1. The molecule has 1 aliphatic rings. The highest BCUT2D eigenvalue weighted by Crippen LogP contribution is 2.28. The lowest BCUT2D eigenvalue weighted by Gasteiger charge is -2.39. The summed E-state index contributed by atoms with van der Waals surface area (Å²) in [5, 5.41) is 8.78. The van der Waals surface area contributed by atoms with Crippen LogP contribution in [0.15, 0.2) is 16.5 Å². The van der Waals surface area contributed by atoms with Gasteiger partial charge in [0.1, 0.15) is 0 Å². The van der Waals surface area contributed by atoms with Crippen LogP contribution >= 0.6 is 0 Å². The van der Waals surface area contributed by atoms with Gasteiger partial charge in [-0.15, -0.1) is 0 Å². The van der Waals surface area contributed by atoms with Crippen molar-refractivity contribution in [2.24, 2.45) is 0 Å². The van der Waals surface area contributed by atoms with Crippen LogP contribution in [0, 0.1) is 0 Å². The summed E-state index contributed by atoms with van der Waals surface area (Å²) >= 11 is 0. The zero-order chi connectivity index (χ0) is 13.3. The van der Waals surface area contributed by atoms with Gasteiger partial charge in [0.25, 0.3) is 5.91 Å². The molecule has 0 spiro atoms. The van der Waals surface area contributed by atoms with E-state index in [4.69, 9.17) is 9.52 Å². The zero-order valence-corrected chi connectivity index (χ0v) is 10.5. The molecule has 1 heterocycles. The van der Waals surface area contributed by atoms with Crippen molar-refractivity contribution in [3.63, 3.8) is 0 Å². The predicted octanol–water partition coefficient (Wildman–Crippen LogP) is 2.38. The van der Waals surface area contributed by atoms with Crippen molar-refractivity contribution in [3.05, 3.63) is 23.7 Å². The minimum atomic E-state index is -1.16. The van der Waals surface area contributed by atoms with E-state index in [-0.39, 0.29) is 29.5 Å². The van der Waals surface area contributed by atoms with E-state index >= 15 is 0 Å². The molecule has 0 bridgehead atoms. The van der Waals surface area contributed by atoms with Crippen LogP contribution in [-0.2, 0) is 0 Å². The number of amides is 1. The van der Waals surface area contributed by atoms with Crippen molar-refractivity contribution in [3.8, 4) is 0 Å². The molecule has 1 amide bonds. The first-order valence-corrected chi connectivity index (χ1v) is 6.16. The Hall–Kier alpha value is -1.78. The summed E-state index contributed by atoms with van der Waals surface area (Å²) in [5.41, 5.74) is 0. The lowest BCUT2D eigenvalue weighted by atomic mass is 9.90. The molecular weight excluding hydrogens is 234 g/mol. The fraction of sp³-hybridized carbons (Fsp3) is 0.538. The Morgan fingerprint density at radius 1 is 1.33 bits per heavy atom. The largest absolute Gasteiger partial charge is 0.475 e. The van der Waals surface area contributed by atoms with E-state index < -0.39 is 5.97 Å². The number of hydrogen-bond donors (Lipinski definition) is 1. The maximum Gasteiger partial charge on any atom is 0.371 e. The molecule has 1 fully saturated rings.